The molecule has 35 heavy (non-hydrogen) atoms. The van der Waals surface area contributed by atoms with Crippen molar-refractivity contribution in [1.82, 2.24) is 14.5 Å². The molecule has 10 heteroatoms. The van der Waals surface area contributed by atoms with E-state index in [0.717, 1.165) is 28.3 Å². The zero-order valence-electron chi connectivity index (χ0n) is 19.5. The minimum atomic E-state index is -1.35. The van der Waals surface area contributed by atoms with E-state index in [1.807, 2.05) is 41.0 Å². The van der Waals surface area contributed by atoms with E-state index in [1.54, 1.807) is 38.8 Å². The number of ether oxygens (including phenoxy) is 2. The first-order valence-electron chi connectivity index (χ1n) is 10.6. The lowest BCUT2D eigenvalue weighted by molar-refractivity contribution is 0.185. The van der Waals surface area contributed by atoms with Gasteiger partial charge < -0.3 is 19.3 Å². The summed E-state index contributed by atoms with van der Waals surface area (Å²) in [5.41, 5.74) is 3.77. The number of benzene rings is 2. The molecule has 184 valence electrons. The number of aromatic nitrogens is 3. The van der Waals surface area contributed by atoms with E-state index in [4.69, 9.17) is 14.5 Å². The maximum atomic E-state index is 13.6. The van der Waals surface area contributed by atoms with Crippen LogP contribution in [0, 0.1) is 5.82 Å². The predicted molar refractivity (Wildman–Crippen MR) is 139 cm³/mol. The van der Waals surface area contributed by atoms with Crippen molar-refractivity contribution >= 4 is 35.1 Å². The monoisotopic (exact) mass is 516 g/mol. The van der Waals surface area contributed by atoms with E-state index >= 15 is 0 Å². The van der Waals surface area contributed by atoms with Crippen LogP contribution in [0.4, 0.5) is 15.9 Å². The van der Waals surface area contributed by atoms with Crippen LogP contribution in [0.2, 0.25) is 0 Å². The second kappa shape index (κ2) is 12.0. The predicted octanol–water partition coefficient (Wildman–Crippen LogP) is 5.31. The van der Waals surface area contributed by atoms with Crippen LogP contribution < -0.4 is 10.1 Å². The summed E-state index contributed by atoms with van der Waals surface area (Å²) >= 11 is -1.35. The third-order valence-corrected chi connectivity index (χ3v) is 6.05. The van der Waals surface area contributed by atoms with Gasteiger partial charge in [-0.3, -0.25) is 4.57 Å². The molecule has 2 heterocycles. The SMILES string of the molecule is COCCn1c([S+](C)[O-])nc(-c2ccc(F)cc2)c1-c1ccnc(Nc2ccc(OC)cc2)c1.Cl. The highest BCUT2D eigenvalue weighted by atomic mass is 35.5. The summed E-state index contributed by atoms with van der Waals surface area (Å²) in [5.74, 6) is 1.06. The summed E-state index contributed by atoms with van der Waals surface area (Å²) in [6.07, 6.45) is 3.29. The Morgan fingerprint density at radius 1 is 1.03 bits per heavy atom. The molecule has 7 nitrogen and oxygen atoms in total. The van der Waals surface area contributed by atoms with Gasteiger partial charge in [-0.15, -0.1) is 12.4 Å². The fraction of sp³-hybridized carbons (Fsp3) is 0.200. The highest BCUT2D eigenvalue weighted by molar-refractivity contribution is 7.90. The summed E-state index contributed by atoms with van der Waals surface area (Å²) in [6, 6.07) is 17.4. The van der Waals surface area contributed by atoms with E-state index in [1.165, 1.54) is 12.1 Å². The molecule has 4 aromatic rings. The summed E-state index contributed by atoms with van der Waals surface area (Å²) in [6.45, 7) is 0.872. The van der Waals surface area contributed by atoms with Crippen molar-refractivity contribution in [3.63, 3.8) is 0 Å². The third-order valence-electron chi connectivity index (χ3n) is 5.22. The number of nitrogens with zero attached hydrogens (tertiary/aromatic N) is 3. The quantitative estimate of drug-likeness (QED) is 0.303. The molecule has 0 aliphatic rings. The van der Waals surface area contributed by atoms with Crippen LogP contribution >= 0.6 is 12.4 Å². The maximum Gasteiger partial charge on any atom is 0.324 e. The van der Waals surface area contributed by atoms with Crippen LogP contribution in [0.25, 0.3) is 22.5 Å². The Morgan fingerprint density at radius 2 is 1.74 bits per heavy atom. The van der Waals surface area contributed by atoms with E-state index in [2.05, 4.69) is 10.3 Å². The molecule has 2 aromatic carbocycles. The minimum Gasteiger partial charge on any atom is -0.609 e. The standard InChI is InChI=1S/C25H25FN4O3S.ClH/c1-32-15-14-30-24(23(29-25(30)34(3)31)17-4-6-19(26)7-5-17)18-12-13-27-22(16-18)28-20-8-10-21(33-2)11-9-20;/h4-13,16H,14-15H2,1-3H3,(H,27,28);1H. The summed E-state index contributed by atoms with van der Waals surface area (Å²) in [5, 5.41) is 3.72. The Balaban J connectivity index is 0.00000342. The molecular weight excluding hydrogens is 491 g/mol. The molecule has 1 N–H and O–H groups in total. The number of anilines is 2. The molecule has 0 amide bonds. The average molecular weight is 517 g/mol. The number of imidazole rings is 1. The molecule has 4 rings (SSSR count). The molecule has 0 aliphatic heterocycles. The largest absolute Gasteiger partial charge is 0.609 e. The van der Waals surface area contributed by atoms with Gasteiger partial charge in [-0.2, -0.15) is 4.98 Å². The van der Waals surface area contributed by atoms with Gasteiger partial charge in [0.2, 0.25) is 0 Å². The van der Waals surface area contributed by atoms with Crippen molar-refractivity contribution in [2.24, 2.45) is 0 Å². The van der Waals surface area contributed by atoms with Gasteiger partial charge in [0, 0.05) is 41.3 Å². The maximum absolute atomic E-state index is 13.6. The highest BCUT2D eigenvalue weighted by Gasteiger charge is 2.25. The lowest BCUT2D eigenvalue weighted by Gasteiger charge is -2.13. The number of hydrogen-bond acceptors (Lipinski definition) is 6. The molecule has 1 unspecified atom stereocenters. The zero-order valence-corrected chi connectivity index (χ0v) is 21.2. The molecule has 0 aliphatic carbocycles. The number of methoxy groups -OCH3 is 2. The third kappa shape index (κ3) is 6.12. The van der Waals surface area contributed by atoms with Crippen LogP contribution in [0.5, 0.6) is 5.75 Å². The van der Waals surface area contributed by atoms with Gasteiger partial charge in [0.05, 0.1) is 26.0 Å². The molecule has 0 saturated carbocycles. The molecule has 0 saturated heterocycles. The van der Waals surface area contributed by atoms with Gasteiger partial charge >= 0.3 is 5.16 Å². The zero-order chi connectivity index (χ0) is 24.1. The second-order valence-corrected chi connectivity index (χ2v) is 8.75. The van der Waals surface area contributed by atoms with Crippen molar-refractivity contribution in [1.29, 1.82) is 0 Å². The van der Waals surface area contributed by atoms with Gasteiger partial charge in [0.15, 0.2) is 0 Å². The first kappa shape index (κ1) is 26.5. The fourth-order valence-corrected chi connectivity index (χ4v) is 4.32. The Kier molecular flexibility index (Phi) is 9.11. The van der Waals surface area contributed by atoms with Crippen LogP contribution in [-0.2, 0) is 22.5 Å². The highest BCUT2D eigenvalue weighted by Crippen LogP contribution is 2.35. The molecule has 0 spiro atoms. The van der Waals surface area contributed by atoms with Gasteiger partial charge in [-0.1, -0.05) is 0 Å². The molecule has 0 radical (unpaired) electrons. The number of pyridine rings is 1. The first-order chi connectivity index (χ1) is 16.5. The van der Waals surface area contributed by atoms with Crippen molar-refractivity contribution < 1.29 is 18.4 Å². The molecule has 2 aromatic heterocycles. The van der Waals surface area contributed by atoms with Crippen LogP contribution in [0.3, 0.4) is 0 Å². The van der Waals surface area contributed by atoms with Crippen molar-refractivity contribution in [3.05, 3.63) is 72.7 Å². The van der Waals surface area contributed by atoms with Crippen molar-refractivity contribution in [2.75, 3.05) is 32.4 Å². The van der Waals surface area contributed by atoms with Crippen LogP contribution in [0.15, 0.2) is 72.0 Å². The van der Waals surface area contributed by atoms with Gasteiger partial charge in [-0.05, 0) is 60.7 Å². The fourth-order valence-electron chi connectivity index (χ4n) is 3.61. The van der Waals surface area contributed by atoms with E-state index in [9.17, 15) is 8.94 Å². The summed E-state index contributed by atoms with van der Waals surface area (Å²) in [4.78, 5) is 9.15. The Bertz CT molecular complexity index is 1250. The number of hydrogen-bond donors (Lipinski definition) is 1. The normalized spacial score (nSPS) is 11.6. The van der Waals surface area contributed by atoms with E-state index in [0.29, 0.717) is 29.8 Å². The van der Waals surface area contributed by atoms with Gasteiger partial charge in [-0.25, -0.2) is 9.37 Å². The van der Waals surface area contributed by atoms with Crippen molar-refractivity contribution in [3.8, 4) is 28.3 Å². The van der Waals surface area contributed by atoms with E-state index in [-0.39, 0.29) is 18.2 Å². The molecule has 0 bridgehead atoms. The van der Waals surface area contributed by atoms with Gasteiger partial charge in [0.25, 0.3) is 0 Å². The summed E-state index contributed by atoms with van der Waals surface area (Å²) < 4.78 is 38.6. The number of halogens is 2. The smallest absolute Gasteiger partial charge is 0.324 e. The van der Waals surface area contributed by atoms with Gasteiger partial charge in [0.1, 0.15) is 29.3 Å². The van der Waals surface area contributed by atoms with Crippen LogP contribution in [-0.4, -0.2) is 46.2 Å². The molecular formula is C25H26ClFN4O3S. The Hall–Kier alpha value is -3.11. The summed E-state index contributed by atoms with van der Waals surface area (Å²) in [7, 11) is 3.24. The molecule has 1 atom stereocenters. The second-order valence-electron chi connectivity index (χ2n) is 7.48. The van der Waals surface area contributed by atoms with Crippen LogP contribution in [0.1, 0.15) is 0 Å². The Morgan fingerprint density at radius 3 is 2.37 bits per heavy atom. The van der Waals surface area contributed by atoms with E-state index < -0.39 is 11.2 Å². The first-order valence-corrected chi connectivity index (χ1v) is 12.1. The lowest BCUT2D eigenvalue weighted by atomic mass is 10.1. The lowest BCUT2D eigenvalue weighted by Crippen LogP contribution is -2.13. The Labute approximate surface area is 212 Å². The number of nitrogens with one attached hydrogen (secondary N) is 1. The molecule has 0 fully saturated rings. The number of rotatable bonds is 9. The average Bonchev–Trinajstić information content (AvgIpc) is 3.23. The van der Waals surface area contributed by atoms with Crippen molar-refractivity contribution in [2.45, 2.75) is 11.7 Å². The minimum absolute atomic E-state index is 0. The topological polar surface area (TPSA) is 84.3 Å².